The molecule has 0 aromatic carbocycles. The van der Waals surface area contributed by atoms with E-state index in [1.54, 1.807) is 0 Å². The summed E-state index contributed by atoms with van der Waals surface area (Å²) in [7, 11) is 0. The Hall–Kier alpha value is -1.85. The van der Waals surface area contributed by atoms with Crippen LogP contribution in [-0.2, 0) is 0 Å². The maximum absolute atomic E-state index is 11.4. The average Bonchev–Trinajstić information content (AvgIpc) is 2.29. The van der Waals surface area contributed by atoms with Crippen molar-refractivity contribution in [3.8, 4) is 0 Å². The number of anilines is 1. The molecule has 0 saturated carbocycles. The van der Waals surface area contributed by atoms with E-state index in [2.05, 4.69) is 9.88 Å². The molecule has 16 heavy (non-hydrogen) atoms. The topological polar surface area (TPSA) is 79.2 Å². The lowest BCUT2D eigenvalue weighted by Gasteiger charge is -2.27. The number of rotatable bonds is 2. The number of nitro groups is 1. The molecule has 6 heteroatoms. The fraction of sp³-hybridized carbons (Fsp3) is 0.500. The lowest BCUT2D eigenvalue weighted by molar-refractivity contribution is -0.386. The number of H-pyrrole nitrogens is 1. The van der Waals surface area contributed by atoms with Crippen LogP contribution in [0.4, 0.5) is 11.5 Å². The van der Waals surface area contributed by atoms with Crippen LogP contribution in [0.25, 0.3) is 0 Å². The van der Waals surface area contributed by atoms with Gasteiger partial charge >= 0.3 is 5.69 Å². The summed E-state index contributed by atoms with van der Waals surface area (Å²) < 4.78 is 0. The van der Waals surface area contributed by atoms with Crippen molar-refractivity contribution < 1.29 is 4.92 Å². The van der Waals surface area contributed by atoms with Crippen molar-refractivity contribution in [2.24, 2.45) is 0 Å². The van der Waals surface area contributed by atoms with Gasteiger partial charge in [0.25, 0.3) is 5.43 Å². The lowest BCUT2D eigenvalue weighted by atomic mass is 10.1. The first-order chi connectivity index (χ1) is 7.68. The van der Waals surface area contributed by atoms with E-state index >= 15 is 0 Å². The van der Waals surface area contributed by atoms with Gasteiger partial charge in [0.15, 0.2) is 0 Å². The van der Waals surface area contributed by atoms with Gasteiger partial charge in [0, 0.05) is 19.2 Å². The Morgan fingerprint density at radius 3 is 2.56 bits per heavy atom. The van der Waals surface area contributed by atoms with Crippen molar-refractivity contribution >= 4 is 11.5 Å². The predicted molar refractivity (Wildman–Crippen MR) is 59.8 cm³/mol. The second kappa shape index (κ2) is 4.34. The fourth-order valence-corrected chi connectivity index (χ4v) is 1.91. The predicted octanol–water partition coefficient (Wildman–Crippen LogP) is 1.27. The molecule has 0 aliphatic carbocycles. The third-order valence-corrected chi connectivity index (χ3v) is 2.77. The Bertz CT molecular complexity index is 449. The Labute approximate surface area is 92.0 Å². The number of aromatic amines is 1. The minimum Gasteiger partial charge on any atom is -0.358 e. The van der Waals surface area contributed by atoms with E-state index in [1.165, 1.54) is 18.7 Å². The summed E-state index contributed by atoms with van der Waals surface area (Å²) in [4.78, 5) is 26.1. The normalized spacial score (nSPS) is 16.1. The smallest absolute Gasteiger partial charge is 0.332 e. The molecule has 0 spiro atoms. The van der Waals surface area contributed by atoms with Crippen LogP contribution in [-0.4, -0.2) is 23.0 Å². The van der Waals surface area contributed by atoms with Crippen LogP contribution < -0.4 is 10.3 Å². The summed E-state index contributed by atoms with van der Waals surface area (Å²) in [6.45, 7) is 1.79. The van der Waals surface area contributed by atoms with Crippen molar-refractivity contribution in [1.82, 2.24) is 4.98 Å². The van der Waals surface area contributed by atoms with Crippen LogP contribution in [0.1, 0.15) is 19.3 Å². The van der Waals surface area contributed by atoms with Gasteiger partial charge in [-0.3, -0.25) is 14.9 Å². The zero-order chi connectivity index (χ0) is 11.5. The molecule has 2 rings (SSSR count). The lowest BCUT2D eigenvalue weighted by Crippen LogP contribution is -2.31. The molecule has 1 fully saturated rings. The van der Waals surface area contributed by atoms with Crippen LogP contribution in [0.3, 0.4) is 0 Å². The minimum absolute atomic E-state index is 0.402. The second-order valence-corrected chi connectivity index (χ2v) is 3.87. The van der Waals surface area contributed by atoms with Crippen LogP contribution in [0.15, 0.2) is 17.1 Å². The van der Waals surface area contributed by atoms with E-state index in [0.717, 1.165) is 25.9 Å². The number of piperidine rings is 1. The third-order valence-electron chi connectivity index (χ3n) is 2.77. The van der Waals surface area contributed by atoms with Crippen molar-refractivity contribution in [3.05, 3.63) is 32.6 Å². The minimum atomic E-state index is -0.668. The highest BCUT2D eigenvalue weighted by atomic mass is 16.6. The quantitative estimate of drug-likeness (QED) is 0.605. The second-order valence-electron chi connectivity index (χ2n) is 3.87. The van der Waals surface area contributed by atoms with Crippen molar-refractivity contribution in [2.75, 3.05) is 18.0 Å². The molecule has 0 radical (unpaired) electrons. The van der Waals surface area contributed by atoms with Gasteiger partial charge in [-0.15, -0.1) is 0 Å². The summed E-state index contributed by atoms with van der Waals surface area (Å²) in [5.74, 6) is 0.676. The highest BCUT2D eigenvalue weighted by Gasteiger charge is 2.16. The maximum atomic E-state index is 11.4. The average molecular weight is 223 g/mol. The molecule has 1 aliphatic heterocycles. The molecule has 1 saturated heterocycles. The van der Waals surface area contributed by atoms with Crippen LogP contribution in [0.5, 0.6) is 0 Å². The van der Waals surface area contributed by atoms with Gasteiger partial charge in [-0.2, -0.15) is 0 Å². The number of hydrogen-bond donors (Lipinski definition) is 1. The number of aromatic nitrogens is 1. The Kier molecular flexibility index (Phi) is 2.89. The molecular formula is C10H13N3O3. The van der Waals surface area contributed by atoms with E-state index < -0.39 is 16.0 Å². The maximum Gasteiger partial charge on any atom is 0.332 e. The van der Waals surface area contributed by atoms with Crippen LogP contribution in [0.2, 0.25) is 0 Å². The molecule has 0 bridgehead atoms. The summed E-state index contributed by atoms with van der Waals surface area (Å²) in [5, 5.41) is 10.5. The highest BCUT2D eigenvalue weighted by Crippen LogP contribution is 2.16. The summed E-state index contributed by atoms with van der Waals surface area (Å²) >= 11 is 0. The summed E-state index contributed by atoms with van der Waals surface area (Å²) in [5.41, 5.74) is -0.940. The molecule has 6 nitrogen and oxygen atoms in total. The molecule has 86 valence electrons. The largest absolute Gasteiger partial charge is 0.358 e. The summed E-state index contributed by atoms with van der Waals surface area (Å²) in [6, 6.07) is 1.31. The van der Waals surface area contributed by atoms with Gasteiger partial charge in [-0.25, -0.2) is 0 Å². The molecule has 1 N–H and O–H groups in total. The SMILES string of the molecule is O=c1cc(N2CCCCC2)[nH]cc1[N+](=O)[O-]. The molecule has 1 aromatic rings. The molecular weight excluding hydrogens is 210 g/mol. The number of pyridine rings is 1. The van der Waals surface area contributed by atoms with Gasteiger partial charge in [0.1, 0.15) is 5.82 Å². The number of nitrogens with one attached hydrogen (secondary N) is 1. The molecule has 0 unspecified atom stereocenters. The molecule has 0 atom stereocenters. The third kappa shape index (κ3) is 2.05. The Balaban J connectivity index is 2.26. The first kappa shape index (κ1) is 10.7. The molecule has 0 amide bonds. The van der Waals surface area contributed by atoms with E-state index in [1.807, 2.05) is 0 Å². The number of hydrogen-bond acceptors (Lipinski definition) is 4. The Morgan fingerprint density at radius 2 is 2.00 bits per heavy atom. The van der Waals surface area contributed by atoms with Crippen molar-refractivity contribution in [1.29, 1.82) is 0 Å². The van der Waals surface area contributed by atoms with Gasteiger partial charge in [-0.1, -0.05) is 0 Å². The zero-order valence-electron chi connectivity index (χ0n) is 8.81. The highest BCUT2D eigenvalue weighted by molar-refractivity contribution is 5.43. The van der Waals surface area contributed by atoms with E-state index in [9.17, 15) is 14.9 Å². The zero-order valence-corrected chi connectivity index (χ0v) is 8.81. The summed E-state index contributed by atoms with van der Waals surface area (Å²) in [6.07, 6.45) is 4.57. The van der Waals surface area contributed by atoms with Gasteiger partial charge in [-0.05, 0) is 19.3 Å². The van der Waals surface area contributed by atoms with Crippen molar-refractivity contribution in [2.45, 2.75) is 19.3 Å². The van der Waals surface area contributed by atoms with E-state index in [4.69, 9.17) is 0 Å². The van der Waals surface area contributed by atoms with Gasteiger partial charge < -0.3 is 9.88 Å². The molecule has 1 aromatic heterocycles. The molecule has 1 aliphatic rings. The van der Waals surface area contributed by atoms with Gasteiger partial charge in [0.2, 0.25) is 0 Å². The Morgan fingerprint density at radius 1 is 1.31 bits per heavy atom. The monoisotopic (exact) mass is 223 g/mol. The number of nitrogens with zero attached hydrogens (tertiary/aromatic N) is 2. The van der Waals surface area contributed by atoms with E-state index in [0.29, 0.717) is 5.82 Å². The van der Waals surface area contributed by atoms with Crippen LogP contribution >= 0.6 is 0 Å². The first-order valence-electron chi connectivity index (χ1n) is 5.30. The van der Waals surface area contributed by atoms with E-state index in [-0.39, 0.29) is 0 Å². The van der Waals surface area contributed by atoms with Gasteiger partial charge in [0.05, 0.1) is 11.1 Å². The van der Waals surface area contributed by atoms with Crippen LogP contribution in [0, 0.1) is 10.1 Å². The fourth-order valence-electron chi connectivity index (χ4n) is 1.91. The standard InChI is InChI=1S/C10H13N3O3/c14-9-6-10(11-7-8(9)13(15)16)12-4-2-1-3-5-12/h6-7H,1-5H2,(H,11,14). The first-order valence-corrected chi connectivity index (χ1v) is 5.30. The van der Waals surface area contributed by atoms with Crippen molar-refractivity contribution in [3.63, 3.8) is 0 Å². The molecule has 2 heterocycles.